The Hall–Kier alpha value is -2.31. The number of hydrogen-bond acceptors (Lipinski definition) is 5. The highest BCUT2D eigenvalue weighted by Crippen LogP contribution is 2.38. The molecule has 136 valence electrons. The standard InChI is InChI=1S/C19H21ClN4O2/c1-11-16(12(2)26-22-11)17-18(24-8-6-23(3)7-9-24)14-10-13(20)4-5-15(14)21-19(17)25/h4-5,10H,6-9H2,1-3H3,(H,21,25). The third-order valence-corrected chi connectivity index (χ3v) is 5.29. The van der Waals surface area contributed by atoms with Crippen LogP contribution in [0.15, 0.2) is 27.5 Å². The monoisotopic (exact) mass is 372 g/mol. The van der Waals surface area contributed by atoms with Crippen molar-refractivity contribution in [3.63, 3.8) is 0 Å². The first-order valence-electron chi connectivity index (χ1n) is 8.68. The van der Waals surface area contributed by atoms with Gasteiger partial charge in [-0.3, -0.25) is 4.79 Å². The lowest BCUT2D eigenvalue weighted by molar-refractivity contribution is 0.313. The molecule has 1 saturated heterocycles. The van der Waals surface area contributed by atoms with Crippen molar-refractivity contribution in [1.29, 1.82) is 0 Å². The number of hydrogen-bond donors (Lipinski definition) is 1. The summed E-state index contributed by atoms with van der Waals surface area (Å²) in [6.45, 7) is 7.27. The van der Waals surface area contributed by atoms with E-state index in [2.05, 4.69) is 27.0 Å². The predicted octanol–water partition coefficient (Wildman–Crippen LogP) is 3.21. The van der Waals surface area contributed by atoms with Crippen molar-refractivity contribution in [1.82, 2.24) is 15.0 Å². The van der Waals surface area contributed by atoms with Crippen molar-refractivity contribution in [2.75, 3.05) is 38.1 Å². The molecular weight excluding hydrogens is 352 g/mol. The van der Waals surface area contributed by atoms with Crippen LogP contribution in [0.5, 0.6) is 0 Å². The Labute approximate surface area is 156 Å². The van der Waals surface area contributed by atoms with Crippen molar-refractivity contribution in [3.8, 4) is 11.1 Å². The lowest BCUT2D eigenvalue weighted by Gasteiger charge is -2.35. The van der Waals surface area contributed by atoms with Gasteiger partial charge in [-0.1, -0.05) is 16.8 Å². The van der Waals surface area contributed by atoms with Crippen molar-refractivity contribution >= 4 is 28.2 Å². The van der Waals surface area contributed by atoms with Gasteiger partial charge in [-0.05, 0) is 39.1 Å². The van der Waals surface area contributed by atoms with Crippen LogP contribution >= 0.6 is 11.6 Å². The number of benzene rings is 1. The molecule has 0 atom stereocenters. The van der Waals surface area contributed by atoms with Crippen LogP contribution in [-0.2, 0) is 0 Å². The number of aromatic nitrogens is 2. The fraction of sp³-hybridized carbons (Fsp3) is 0.368. The maximum absolute atomic E-state index is 13.1. The second kappa shape index (κ2) is 6.45. The normalized spacial score (nSPS) is 15.8. The summed E-state index contributed by atoms with van der Waals surface area (Å²) in [6.07, 6.45) is 0. The molecule has 0 aliphatic carbocycles. The Morgan fingerprint density at radius 2 is 1.88 bits per heavy atom. The number of fused-ring (bicyclic) bond motifs is 1. The van der Waals surface area contributed by atoms with Crippen molar-refractivity contribution < 1.29 is 4.52 Å². The van der Waals surface area contributed by atoms with E-state index in [4.69, 9.17) is 16.1 Å². The van der Waals surface area contributed by atoms with Crippen LogP contribution in [0.2, 0.25) is 5.02 Å². The molecule has 0 bridgehead atoms. The number of piperazine rings is 1. The van der Waals surface area contributed by atoms with E-state index < -0.39 is 0 Å². The first-order valence-corrected chi connectivity index (χ1v) is 9.06. The van der Waals surface area contributed by atoms with Gasteiger partial charge >= 0.3 is 0 Å². The molecule has 4 rings (SSSR count). The summed E-state index contributed by atoms with van der Waals surface area (Å²) in [6, 6.07) is 5.57. The first-order chi connectivity index (χ1) is 12.5. The zero-order valence-electron chi connectivity index (χ0n) is 15.1. The summed E-state index contributed by atoms with van der Waals surface area (Å²) < 4.78 is 5.34. The minimum absolute atomic E-state index is 0.136. The average molecular weight is 373 g/mol. The number of aromatic amines is 1. The molecule has 3 aromatic rings. The summed E-state index contributed by atoms with van der Waals surface area (Å²) >= 11 is 6.28. The summed E-state index contributed by atoms with van der Waals surface area (Å²) in [7, 11) is 2.11. The second-order valence-corrected chi connectivity index (χ2v) is 7.29. The molecule has 0 radical (unpaired) electrons. The molecule has 1 aliphatic heterocycles. The van der Waals surface area contributed by atoms with E-state index in [1.54, 1.807) is 6.07 Å². The van der Waals surface area contributed by atoms with Gasteiger partial charge in [-0.25, -0.2) is 0 Å². The Bertz CT molecular complexity index is 1010. The van der Waals surface area contributed by atoms with Crippen LogP contribution in [0, 0.1) is 13.8 Å². The highest BCUT2D eigenvalue weighted by Gasteiger charge is 2.26. The Kier molecular flexibility index (Phi) is 4.25. The molecule has 2 aromatic heterocycles. The van der Waals surface area contributed by atoms with E-state index >= 15 is 0 Å². The Morgan fingerprint density at radius 1 is 1.15 bits per heavy atom. The summed E-state index contributed by atoms with van der Waals surface area (Å²) in [5.41, 5.74) is 3.65. The van der Waals surface area contributed by atoms with E-state index in [0.717, 1.165) is 48.3 Å². The summed E-state index contributed by atoms with van der Waals surface area (Å²) in [5.74, 6) is 0.643. The zero-order chi connectivity index (χ0) is 18.4. The first kappa shape index (κ1) is 17.1. The van der Waals surface area contributed by atoms with Crippen LogP contribution in [0.1, 0.15) is 11.5 Å². The summed E-state index contributed by atoms with van der Waals surface area (Å²) in [4.78, 5) is 20.6. The predicted molar refractivity (Wildman–Crippen MR) is 104 cm³/mol. The molecule has 0 saturated carbocycles. The quantitative estimate of drug-likeness (QED) is 0.748. The number of nitrogens with one attached hydrogen (secondary N) is 1. The molecule has 0 unspecified atom stereocenters. The van der Waals surface area contributed by atoms with Crippen LogP contribution in [0.4, 0.5) is 5.69 Å². The molecule has 1 aromatic carbocycles. The molecular formula is C19H21ClN4O2. The number of aryl methyl sites for hydroxylation is 2. The van der Waals surface area contributed by atoms with Crippen LogP contribution in [0.25, 0.3) is 22.0 Å². The minimum atomic E-state index is -0.136. The molecule has 6 nitrogen and oxygen atoms in total. The average Bonchev–Trinajstić information content (AvgIpc) is 2.94. The number of H-pyrrole nitrogens is 1. The highest BCUT2D eigenvalue weighted by atomic mass is 35.5. The molecule has 1 aliphatic rings. The van der Waals surface area contributed by atoms with E-state index in [1.807, 2.05) is 26.0 Å². The topological polar surface area (TPSA) is 65.4 Å². The fourth-order valence-electron chi connectivity index (χ4n) is 3.68. The lowest BCUT2D eigenvalue weighted by atomic mass is 9.99. The third-order valence-electron chi connectivity index (χ3n) is 5.05. The van der Waals surface area contributed by atoms with E-state index in [0.29, 0.717) is 22.0 Å². The van der Waals surface area contributed by atoms with Crippen LogP contribution in [0.3, 0.4) is 0 Å². The molecule has 0 spiro atoms. The van der Waals surface area contributed by atoms with Gasteiger partial charge in [-0.2, -0.15) is 0 Å². The molecule has 7 heteroatoms. The van der Waals surface area contributed by atoms with Gasteiger partial charge in [0.15, 0.2) is 0 Å². The maximum atomic E-state index is 13.1. The largest absolute Gasteiger partial charge is 0.368 e. The van der Waals surface area contributed by atoms with Gasteiger partial charge in [-0.15, -0.1) is 0 Å². The van der Waals surface area contributed by atoms with Gasteiger partial charge in [0, 0.05) is 36.6 Å². The number of halogens is 1. The molecule has 0 amide bonds. The van der Waals surface area contributed by atoms with Crippen LogP contribution < -0.4 is 10.5 Å². The highest BCUT2D eigenvalue weighted by molar-refractivity contribution is 6.31. The Morgan fingerprint density at radius 3 is 2.54 bits per heavy atom. The van der Waals surface area contributed by atoms with E-state index in [-0.39, 0.29) is 5.56 Å². The minimum Gasteiger partial charge on any atom is -0.368 e. The van der Waals surface area contributed by atoms with Gasteiger partial charge in [0.05, 0.1) is 28.0 Å². The summed E-state index contributed by atoms with van der Waals surface area (Å²) in [5, 5.41) is 5.63. The fourth-order valence-corrected chi connectivity index (χ4v) is 3.85. The van der Waals surface area contributed by atoms with Gasteiger partial charge in [0.25, 0.3) is 5.56 Å². The van der Waals surface area contributed by atoms with Gasteiger partial charge in [0.1, 0.15) is 5.76 Å². The number of nitrogens with zero attached hydrogens (tertiary/aromatic N) is 3. The van der Waals surface area contributed by atoms with E-state index in [1.165, 1.54) is 0 Å². The second-order valence-electron chi connectivity index (χ2n) is 6.86. The number of rotatable bonds is 2. The zero-order valence-corrected chi connectivity index (χ0v) is 15.9. The van der Waals surface area contributed by atoms with Crippen molar-refractivity contribution in [3.05, 3.63) is 45.0 Å². The van der Waals surface area contributed by atoms with Crippen molar-refractivity contribution in [2.24, 2.45) is 0 Å². The number of likely N-dealkylation sites (N-methyl/N-ethyl adjacent to an activating group) is 1. The van der Waals surface area contributed by atoms with E-state index in [9.17, 15) is 4.79 Å². The Balaban J connectivity index is 2.05. The number of pyridine rings is 1. The molecule has 1 N–H and O–H groups in total. The van der Waals surface area contributed by atoms with Crippen molar-refractivity contribution in [2.45, 2.75) is 13.8 Å². The SMILES string of the molecule is Cc1noc(C)c1-c1c(N2CCN(C)CC2)c2cc(Cl)ccc2[nH]c1=O. The smallest absolute Gasteiger partial charge is 0.258 e. The van der Waals surface area contributed by atoms with Gasteiger partial charge in [0.2, 0.25) is 0 Å². The molecule has 1 fully saturated rings. The van der Waals surface area contributed by atoms with Gasteiger partial charge < -0.3 is 19.3 Å². The number of anilines is 1. The molecule has 3 heterocycles. The lowest BCUT2D eigenvalue weighted by Crippen LogP contribution is -2.45. The molecule has 26 heavy (non-hydrogen) atoms. The third kappa shape index (κ3) is 2.79. The van der Waals surface area contributed by atoms with Crippen LogP contribution in [-0.4, -0.2) is 48.3 Å². The maximum Gasteiger partial charge on any atom is 0.258 e.